The predicted molar refractivity (Wildman–Crippen MR) is 84.1 cm³/mol. The summed E-state index contributed by atoms with van der Waals surface area (Å²) < 4.78 is 0. The highest BCUT2D eigenvalue weighted by Crippen LogP contribution is 2.33. The molecule has 19 heavy (non-hydrogen) atoms. The molecule has 2 nitrogen and oxygen atoms in total. The van der Waals surface area contributed by atoms with Crippen LogP contribution < -0.4 is 10.6 Å². The minimum Gasteiger partial charge on any atom is -0.367 e. The first-order valence-electron chi connectivity index (χ1n) is 7.46. The molecular weight excluding hydrogens is 256 g/mol. The van der Waals surface area contributed by atoms with Gasteiger partial charge in [-0.3, -0.25) is 0 Å². The van der Waals surface area contributed by atoms with Gasteiger partial charge < -0.3 is 10.6 Å². The van der Waals surface area contributed by atoms with Gasteiger partial charge in [0.2, 0.25) is 0 Å². The number of anilines is 1. The van der Waals surface area contributed by atoms with E-state index < -0.39 is 0 Å². The molecule has 0 spiro atoms. The molecule has 1 aromatic carbocycles. The summed E-state index contributed by atoms with van der Waals surface area (Å²) in [5, 5.41) is 0.876. The first-order chi connectivity index (χ1) is 9.15. The largest absolute Gasteiger partial charge is 0.367 e. The second kappa shape index (κ2) is 6.62. The number of rotatable bonds is 5. The molecule has 1 aliphatic rings. The van der Waals surface area contributed by atoms with Crippen LogP contribution in [0.4, 0.5) is 5.69 Å². The Bertz CT molecular complexity index is 419. The van der Waals surface area contributed by atoms with Crippen molar-refractivity contribution in [2.24, 2.45) is 5.73 Å². The summed E-state index contributed by atoms with van der Waals surface area (Å²) in [6, 6.07) is 7.34. The summed E-state index contributed by atoms with van der Waals surface area (Å²) in [5.41, 5.74) is 8.45. The summed E-state index contributed by atoms with van der Waals surface area (Å²) in [4.78, 5) is 2.46. The van der Waals surface area contributed by atoms with Gasteiger partial charge >= 0.3 is 0 Å². The second-order valence-electron chi connectivity index (χ2n) is 5.56. The highest BCUT2D eigenvalue weighted by atomic mass is 35.5. The topological polar surface area (TPSA) is 29.3 Å². The second-order valence-corrected chi connectivity index (χ2v) is 5.96. The third kappa shape index (κ3) is 3.43. The van der Waals surface area contributed by atoms with Crippen LogP contribution in [0, 0.1) is 0 Å². The molecule has 0 aromatic heterocycles. The third-order valence-corrected chi connectivity index (χ3v) is 4.49. The van der Waals surface area contributed by atoms with E-state index in [4.69, 9.17) is 17.3 Å². The maximum absolute atomic E-state index is 6.48. The van der Waals surface area contributed by atoms with Crippen LogP contribution in [0.2, 0.25) is 5.02 Å². The van der Waals surface area contributed by atoms with E-state index in [1.54, 1.807) is 0 Å². The van der Waals surface area contributed by atoms with Crippen molar-refractivity contribution in [2.75, 3.05) is 11.4 Å². The zero-order valence-electron chi connectivity index (χ0n) is 12.0. The van der Waals surface area contributed by atoms with Crippen LogP contribution in [0.25, 0.3) is 0 Å². The van der Waals surface area contributed by atoms with E-state index in [1.165, 1.54) is 30.5 Å². The van der Waals surface area contributed by atoms with Gasteiger partial charge in [0.1, 0.15) is 0 Å². The zero-order valence-corrected chi connectivity index (χ0v) is 12.8. The fourth-order valence-corrected chi connectivity index (χ4v) is 3.25. The van der Waals surface area contributed by atoms with Crippen LogP contribution in [0.15, 0.2) is 18.2 Å². The van der Waals surface area contributed by atoms with Crippen LogP contribution in [-0.4, -0.2) is 18.6 Å². The Morgan fingerprint density at radius 2 is 2.21 bits per heavy atom. The maximum atomic E-state index is 6.48. The van der Waals surface area contributed by atoms with Crippen molar-refractivity contribution >= 4 is 17.3 Å². The molecule has 0 aliphatic carbocycles. The van der Waals surface area contributed by atoms with Crippen molar-refractivity contribution < 1.29 is 0 Å². The molecule has 2 atom stereocenters. The van der Waals surface area contributed by atoms with Crippen LogP contribution in [0.1, 0.15) is 45.1 Å². The SMILES string of the molecule is CCC(N)Cc1ccc(N2CCCC2CC)c(Cl)c1. The van der Waals surface area contributed by atoms with Crippen molar-refractivity contribution in [1.29, 1.82) is 0 Å². The number of nitrogens with zero attached hydrogens (tertiary/aromatic N) is 1. The Labute approximate surface area is 121 Å². The lowest BCUT2D eigenvalue weighted by Gasteiger charge is -2.27. The summed E-state index contributed by atoms with van der Waals surface area (Å²) >= 11 is 6.48. The average Bonchev–Trinajstić information content (AvgIpc) is 2.87. The first kappa shape index (κ1) is 14.7. The molecule has 3 heteroatoms. The summed E-state index contributed by atoms with van der Waals surface area (Å²) in [6.07, 6.45) is 5.67. The monoisotopic (exact) mass is 280 g/mol. The van der Waals surface area contributed by atoms with Crippen molar-refractivity contribution in [2.45, 2.75) is 58.0 Å². The molecule has 0 amide bonds. The van der Waals surface area contributed by atoms with Gasteiger partial charge in [0.15, 0.2) is 0 Å². The number of benzene rings is 1. The van der Waals surface area contributed by atoms with E-state index in [-0.39, 0.29) is 6.04 Å². The minimum atomic E-state index is 0.233. The van der Waals surface area contributed by atoms with Crippen molar-refractivity contribution in [3.05, 3.63) is 28.8 Å². The third-order valence-electron chi connectivity index (χ3n) is 4.19. The molecule has 0 bridgehead atoms. The molecule has 1 aromatic rings. The number of hydrogen-bond acceptors (Lipinski definition) is 2. The van der Waals surface area contributed by atoms with E-state index in [1.807, 2.05) is 0 Å². The fraction of sp³-hybridized carbons (Fsp3) is 0.625. The highest BCUT2D eigenvalue weighted by Gasteiger charge is 2.24. The maximum Gasteiger partial charge on any atom is 0.0642 e. The molecule has 1 heterocycles. The lowest BCUT2D eigenvalue weighted by Crippen LogP contribution is -2.28. The van der Waals surface area contributed by atoms with Gasteiger partial charge in [-0.2, -0.15) is 0 Å². The minimum absolute atomic E-state index is 0.233. The lowest BCUT2D eigenvalue weighted by atomic mass is 10.0. The molecule has 2 rings (SSSR count). The molecule has 106 valence electrons. The van der Waals surface area contributed by atoms with Crippen molar-refractivity contribution in [3.63, 3.8) is 0 Å². The molecule has 1 saturated heterocycles. The standard InChI is InChI=1S/C16H25ClN2/c1-3-13(18)10-12-7-8-16(15(17)11-12)19-9-5-6-14(19)4-2/h7-8,11,13-14H,3-6,9-10,18H2,1-2H3. The molecule has 0 radical (unpaired) electrons. The van der Waals surface area contributed by atoms with E-state index in [0.717, 1.165) is 24.4 Å². The summed E-state index contributed by atoms with van der Waals surface area (Å²) in [6.45, 7) is 5.51. The van der Waals surface area contributed by atoms with Gasteiger partial charge in [-0.25, -0.2) is 0 Å². The van der Waals surface area contributed by atoms with Crippen LogP contribution in [0.5, 0.6) is 0 Å². The van der Waals surface area contributed by atoms with E-state index in [2.05, 4.69) is 36.9 Å². The quantitative estimate of drug-likeness (QED) is 0.883. The smallest absolute Gasteiger partial charge is 0.0642 e. The summed E-state index contributed by atoms with van der Waals surface area (Å²) in [7, 11) is 0. The Morgan fingerprint density at radius 1 is 1.42 bits per heavy atom. The van der Waals surface area contributed by atoms with Crippen molar-refractivity contribution in [1.82, 2.24) is 0 Å². The predicted octanol–water partition coefficient (Wildman–Crippen LogP) is 4.00. The van der Waals surface area contributed by atoms with Crippen LogP contribution in [-0.2, 0) is 6.42 Å². The Hall–Kier alpha value is -0.730. The van der Waals surface area contributed by atoms with Gasteiger partial charge in [-0.15, -0.1) is 0 Å². The van der Waals surface area contributed by atoms with Crippen LogP contribution >= 0.6 is 11.6 Å². The van der Waals surface area contributed by atoms with Gasteiger partial charge in [0.25, 0.3) is 0 Å². The summed E-state index contributed by atoms with van der Waals surface area (Å²) in [5.74, 6) is 0. The number of halogens is 1. The number of nitrogens with two attached hydrogens (primary N) is 1. The molecule has 1 aliphatic heterocycles. The Morgan fingerprint density at radius 3 is 2.84 bits per heavy atom. The van der Waals surface area contributed by atoms with Crippen molar-refractivity contribution in [3.8, 4) is 0 Å². The molecule has 0 saturated carbocycles. The highest BCUT2D eigenvalue weighted by molar-refractivity contribution is 6.33. The fourth-order valence-electron chi connectivity index (χ4n) is 2.93. The molecule has 2 N–H and O–H groups in total. The first-order valence-corrected chi connectivity index (χ1v) is 7.84. The van der Waals surface area contributed by atoms with Gasteiger partial charge in [0.05, 0.1) is 10.7 Å². The normalized spacial score (nSPS) is 20.8. The average molecular weight is 281 g/mol. The number of hydrogen-bond donors (Lipinski definition) is 1. The van der Waals surface area contributed by atoms with Gasteiger partial charge in [-0.05, 0) is 49.8 Å². The lowest BCUT2D eigenvalue weighted by molar-refractivity contribution is 0.642. The molecule has 2 unspecified atom stereocenters. The Kier molecular flexibility index (Phi) is 5.12. The molecule has 1 fully saturated rings. The van der Waals surface area contributed by atoms with Gasteiger partial charge in [-0.1, -0.05) is 31.5 Å². The van der Waals surface area contributed by atoms with Crippen LogP contribution in [0.3, 0.4) is 0 Å². The zero-order chi connectivity index (χ0) is 13.8. The van der Waals surface area contributed by atoms with E-state index >= 15 is 0 Å². The van der Waals surface area contributed by atoms with E-state index in [0.29, 0.717) is 6.04 Å². The molecular formula is C16H25ClN2. The van der Waals surface area contributed by atoms with E-state index in [9.17, 15) is 0 Å². The Balaban J connectivity index is 2.15. The van der Waals surface area contributed by atoms with Gasteiger partial charge in [0, 0.05) is 18.6 Å².